The number of benzene rings is 1. The second kappa shape index (κ2) is 7.84. The fourth-order valence-corrected chi connectivity index (χ4v) is 4.02. The van der Waals surface area contributed by atoms with Gasteiger partial charge in [0.1, 0.15) is 5.75 Å². The van der Waals surface area contributed by atoms with Gasteiger partial charge in [0.15, 0.2) is 0 Å². The predicted octanol–water partition coefficient (Wildman–Crippen LogP) is 3.69. The Hall–Kier alpha value is -3.15. The summed E-state index contributed by atoms with van der Waals surface area (Å²) in [6.07, 6.45) is 7.73. The van der Waals surface area contributed by atoms with Crippen molar-refractivity contribution in [3.63, 3.8) is 0 Å². The van der Waals surface area contributed by atoms with E-state index in [2.05, 4.69) is 15.2 Å². The number of para-hydroxylation sites is 1. The zero-order valence-electron chi connectivity index (χ0n) is 16.2. The molecule has 0 saturated carbocycles. The third-order valence-electron chi connectivity index (χ3n) is 5.42. The highest BCUT2D eigenvalue weighted by atomic mass is 16.5. The number of nitrogens with zero attached hydrogens (tertiary/aromatic N) is 3. The first-order valence-corrected chi connectivity index (χ1v) is 9.54. The van der Waals surface area contributed by atoms with E-state index in [1.54, 1.807) is 13.3 Å². The van der Waals surface area contributed by atoms with Gasteiger partial charge >= 0.3 is 0 Å². The molecule has 28 heavy (non-hydrogen) atoms. The number of hydrogen-bond donors (Lipinski definition) is 1. The van der Waals surface area contributed by atoms with Gasteiger partial charge in [0.05, 0.1) is 31.5 Å². The van der Waals surface area contributed by atoms with E-state index >= 15 is 0 Å². The lowest BCUT2D eigenvalue weighted by Crippen LogP contribution is -2.32. The molecule has 1 amide bonds. The second-order valence-electron chi connectivity index (χ2n) is 7.12. The Bertz CT molecular complexity index is 982. The molecule has 1 atom stereocenters. The number of aromatic amines is 1. The zero-order valence-corrected chi connectivity index (χ0v) is 16.2. The summed E-state index contributed by atoms with van der Waals surface area (Å²) in [6.45, 7) is 2.80. The van der Waals surface area contributed by atoms with Crippen LogP contribution >= 0.6 is 0 Å². The normalized spacial score (nSPS) is 16.4. The van der Waals surface area contributed by atoms with E-state index in [0.717, 1.165) is 53.1 Å². The number of H-pyrrole nitrogens is 1. The monoisotopic (exact) mass is 376 g/mol. The van der Waals surface area contributed by atoms with Crippen LogP contribution in [0.2, 0.25) is 0 Å². The minimum Gasteiger partial charge on any atom is -0.496 e. The molecule has 1 aliphatic rings. The molecule has 1 unspecified atom stereocenters. The van der Waals surface area contributed by atoms with Crippen LogP contribution in [0.3, 0.4) is 0 Å². The second-order valence-corrected chi connectivity index (χ2v) is 7.12. The lowest BCUT2D eigenvalue weighted by Gasteiger charge is -2.25. The van der Waals surface area contributed by atoms with Crippen LogP contribution in [0, 0.1) is 6.92 Å². The van der Waals surface area contributed by atoms with Crippen molar-refractivity contribution in [1.82, 2.24) is 20.1 Å². The van der Waals surface area contributed by atoms with Crippen molar-refractivity contribution < 1.29 is 9.53 Å². The Morgan fingerprint density at radius 2 is 2.11 bits per heavy atom. The summed E-state index contributed by atoms with van der Waals surface area (Å²) in [5, 5.41) is 7.44. The topological polar surface area (TPSA) is 71.1 Å². The van der Waals surface area contributed by atoms with E-state index in [4.69, 9.17) is 4.74 Å². The number of nitrogens with one attached hydrogen (secondary N) is 1. The Balaban J connectivity index is 1.61. The molecular formula is C22H24N4O2. The third-order valence-corrected chi connectivity index (χ3v) is 5.42. The van der Waals surface area contributed by atoms with Crippen molar-refractivity contribution in [2.24, 2.45) is 0 Å². The molecule has 0 bridgehead atoms. The third kappa shape index (κ3) is 3.38. The van der Waals surface area contributed by atoms with Crippen LogP contribution in [0.1, 0.15) is 35.7 Å². The molecule has 0 aliphatic carbocycles. The van der Waals surface area contributed by atoms with E-state index in [1.165, 1.54) is 0 Å². The number of likely N-dealkylation sites (tertiary alicyclic amines) is 1. The Morgan fingerprint density at radius 3 is 2.93 bits per heavy atom. The largest absolute Gasteiger partial charge is 0.496 e. The van der Waals surface area contributed by atoms with Crippen LogP contribution in [0.25, 0.3) is 11.1 Å². The SMILES string of the molecule is COc1ccccc1CC(=O)N1CCCC1c1[nH]ncc1-c1ccncc1C. The number of aromatic nitrogens is 3. The first-order valence-electron chi connectivity index (χ1n) is 9.54. The fourth-order valence-electron chi connectivity index (χ4n) is 4.02. The number of pyridine rings is 1. The molecule has 6 heteroatoms. The van der Waals surface area contributed by atoms with Crippen molar-refractivity contribution in [3.8, 4) is 16.9 Å². The molecule has 1 fully saturated rings. The fraction of sp³-hybridized carbons (Fsp3) is 0.318. The summed E-state index contributed by atoms with van der Waals surface area (Å²) in [5.74, 6) is 0.861. The highest BCUT2D eigenvalue weighted by Crippen LogP contribution is 2.37. The molecule has 1 saturated heterocycles. The van der Waals surface area contributed by atoms with E-state index in [-0.39, 0.29) is 11.9 Å². The van der Waals surface area contributed by atoms with Gasteiger partial charge in [-0.2, -0.15) is 5.10 Å². The predicted molar refractivity (Wildman–Crippen MR) is 107 cm³/mol. The van der Waals surface area contributed by atoms with Gasteiger partial charge in [0, 0.05) is 30.1 Å². The Morgan fingerprint density at radius 1 is 1.25 bits per heavy atom. The Kier molecular flexibility index (Phi) is 5.10. The Labute approximate surface area is 164 Å². The molecule has 144 valence electrons. The van der Waals surface area contributed by atoms with Crippen molar-refractivity contribution in [1.29, 1.82) is 0 Å². The molecule has 3 heterocycles. The highest BCUT2D eigenvalue weighted by molar-refractivity contribution is 5.81. The van der Waals surface area contributed by atoms with E-state index in [9.17, 15) is 4.79 Å². The number of rotatable bonds is 5. The number of methoxy groups -OCH3 is 1. The van der Waals surface area contributed by atoms with Gasteiger partial charge in [0.2, 0.25) is 5.91 Å². The number of hydrogen-bond acceptors (Lipinski definition) is 4. The molecule has 2 aromatic heterocycles. The van der Waals surface area contributed by atoms with Crippen LogP contribution in [0.5, 0.6) is 5.75 Å². The van der Waals surface area contributed by atoms with Crippen molar-refractivity contribution in [3.05, 3.63) is 65.7 Å². The van der Waals surface area contributed by atoms with E-state index < -0.39 is 0 Å². The maximum absolute atomic E-state index is 13.1. The lowest BCUT2D eigenvalue weighted by molar-refractivity contribution is -0.131. The van der Waals surface area contributed by atoms with Crippen LogP contribution in [0.4, 0.5) is 0 Å². The van der Waals surface area contributed by atoms with Crippen molar-refractivity contribution in [2.45, 2.75) is 32.2 Å². The summed E-state index contributed by atoms with van der Waals surface area (Å²) in [7, 11) is 1.63. The molecule has 6 nitrogen and oxygen atoms in total. The summed E-state index contributed by atoms with van der Waals surface area (Å²) >= 11 is 0. The number of carbonyl (C=O) groups excluding carboxylic acids is 1. The molecule has 1 aliphatic heterocycles. The smallest absolute Gasteiger partial charge is 0.227 e. The van der Waals surface area contributed by atoms with Crippen LogP contribution in [0.15, 0.2) is 48.9 Å². The van der Waals surface area contributed by atoms with Gasteiger partial charge in [-0.3, -0.25) is 14.9 Å². The van der Waals surface area contributed by atoms with Crippen LogP contribution < -0.4 is 4.74 Å². The minimum absolute atomic E-state index is 0.00673. The van der Waals surface area contributed by atoms with E-state index in [0.29, 0.717) is 6.42 Å². The average molecular weight is 376 g/mol. The number of aryl methyl sites for hydroxylation is 1. The van der Waals surface area contributed by atoms with E-state index in [1.807, 2.05) is 54.5 Å². The quantitative estimate of drug-likeness (QED) is 0.737. The van der Waals surface area contributed by atoms with Crippen molar-refractivity contribution >= 4 is 5.91 Å². The molecular weight excluding hydrogens is 352 g/mol. The standard InChI is InChI=1S/C22H24N4O2/c1-15-13-23-10-9-17(15)18-14-24-25-22(18)19-7-5-11-26(19)21(27)12-16-6-3-4-8-20(16)28-2/h3-4,6,8-10,13-14,19H,5,7,11-12H2,1-2H3,(H,24,25). The lowest BCUT2D eigenvalue weighted by atomic mass is 9.98. The number of carbonyl (C=O) groups is 1. The highest BCUT2D eigenvalue weighted by Gasteiger charge is 2.33. The summed E-state index contributed by atoms with van der Waals surface area (Å²) in [5.41, 5.74) is 5.15. The summed E-state index contributed by atoms with van der Waals surface area (Å²) in [4.78, 5) is 19.3. The van der Waals surface area contributed by atoms with Crippen LogP contribution in [-0.2, 0) is 11.2 Å². The number of amides is 1. The zero-order chi connectivity index (χ0) is 19.5. The first kappa shape index (κ1) is 18.2. The van der Waals surface area contributed by atoms with Gasteiger partial charge in [-0.25, -0.2) is 0 Å². The number of ether oxygens (including phenoxy) is 1. The van der Waals surface area contributed by atoms with Crippen molar-refractivity contribution in [2.75, 3.05) is 13.7 Å². The molecule has 4 rings (SSSR count). The minimum atomic E-state index is 0.00673. The maximum Gasteiger partial charge on any atom is 0.227 e. The van der Waals surface area contributed by atoms with Gasteiger partial charge in [-0.1, -0.05) is 18.2 Å². The summed E-state index contributed by atoms with van der Waals surface area (Å²) in [6, 6.07) is 9.70. The molecule has 0 spiro atoms. The maximum atomic E-state index is 13.1. The van der Waals surface area contributed by atoms with Gasteiger partial charge in [0.25, 0.3) is 0 Å². The van der Waals surface area contributed by atoms with Crippen LogP contribution in [-0.4, -0.2) is 39.6 Å². The average Bonchev–Trinajstić information content (AvgIpc) is 3.38. The van der Waals surface area contributed by atoms with Gasteiger partial charge in [-0.05, 0) is 43.0 Å². The molecule has 0 radical (unpaired) electrons. The molecule has 1 aromatic carbocycles. The first-order chi connectivity index (χ1) is 13.7. The van der Waals surface area contributed by atoms with Gasteiger partial charge in [-0.15, -0.1) is 0 Å². The summed E-state index contributed by atoms with van der Waals surface area (Å²) < 4.78 is 5.41. The molecule has 3 aromatic rings. The molecule has 1 N–H and O–H groups in total. The van der Waals surface area contributed by atoms with Gasteiger partial charge < -0.3 is 9.64 Å².